The second-order valence-electron chi connectivity index (χ2n) is 6.25. The van der Waals surface area contributed by atoms with E-state index in [4.69, 9.17) is 4.74 Å². The Balaban J connectivity index is 2.10. The molecular formula is C18H30O4. The molecule has 4 heteroatoms. The van der Waals surface area contributed by atoms with Crippen molar-refractivity contribution in [3.05, 3.63) is 11.6 Å². The van der Waals surface area contributed by atoms with Crippen molar-refractivity contribution in [2.75, 3.05) is 6.61 Å². The lowest BCUT2D eigenvalue weighted by molar-refractivity contribution is -0.155. The van der Waals surface area contributed by atoms with Gasteiger partial charge in [0.2, 0.25) is 0 Å². The fourth-order valence-corrected chi connectivity index (χ4v) is 3.01. The van der Waals surface area contributed by atoms with E-state index in [-0.39, 0.29) is 5.97 Å². The van der Waals surface area contributed by atoms with Crippen molar-refractivity contribution in [3.8, 4) is 0 Å². The lowest BCUT2D eigenvalue weighted by atomic mass is 9.92. The van der Waals surface area contributed by atoms with Gasteiger partial charge in [0.1, 0.15) is 0 Å². The molecule has 0 radical (unpaired) electrons. The fraction of sp³-hybridized carbons (Fsp3) is 0.778. The summed E-state index contributed by atoms with van der Waals surface area (Å²) in [5.74, 6) is -2.53. The van der Waals surface area contributed by atoms with Gasteiger partial charge in [-0.1, -0.05) is 63.5 Å². The quantitative estimate of drug-likeness (QED) is 0.350. The third kappa shape index (κ3) is 6.20. The number of unbranched alkanes of at least 4 members (excludes halogenated alkanes) is 7. The molecule has 1 rings (SSSR count). The maximum absolute atomic E-state index is 12.0. The molecule has 0 aromatic heterocycles. The summed E-state index contributed by atoms with van der Waals surface area (Å²) in [4.78, 5) is 23.2. The van der Waals surface area contributed by atoms with Gasteiger partial charge in [-0.2, -0.15) is 0 Å². The lowest BCUT2D eigenvalue weighted by Gasteiger charge is -2.16. The van der Waals surface area contributed by atoms with E-state index in [1.54, 1.807) is 6.92 Å². The number of carbonyl (C=O) groups is 2. The molecule has 0 bridgehead atoms. The number of hydrogen-bond donors (Lipinski definition) is 1. The minimum Gasteiger partial charge on any atom is -0.481 e. The molecule has 0 saturated carbocycles. The first-order valence-corrected chi connectivity index (χ1v) is 8.64. The molecular weight excluding hydrogens is 280 g/mol. The highest BCUT2D eigenvalue weighted by Crippen LogP contribution is 2.32. The Labute approximate surface area is 133 Å². The second-order valence-corrected chi connectivity index (χ2v) is 6.25. The van der Waals surface area contributed by atoms with Crippen LogP contribution in [0.2, 0.25) is 0 Å². The maximum Gasteiger partial charge on any atom is 0.311 e. The minimum atomic E-state index is -0.930. The van der Waals surface area contributed by atoms with Crippen LogP contribution in [0, 0.1) is 11.8 Å². The number of allylic oxidation sites excluding steroid dienone is 1. The Kier molecular flexibility index (Phi) is 8.86. The first kappa shape index (κ1) is 18.7. The van der Waals surface area contributed by atoms with Crippen molar-refractivity contribution in [3.63, 3.8) is 0 Å². The molecule has 0 aromatic rings. The molecule has 2 unspecified atom stereocenters. The van der Waals surface area contributed by atoms with E-state index in [0.717, 1.165) is 18.4 Å². The number of esters is 1. The third-order valence-electron chi connectivity index (χ3n) is 4.40. The molecule has 1 N–H and O–H groups in total. The summed E-state index contributed by atoms with van der Waals surface area (Å²) >= 11 is 0. The number of hydrogen-bond acceptors (Lipinski definition) is 3. The molecule has 0 amide bonds. The maximum atomic E-state index is 12.0. The number of aliphatic carboxylic acids is 1. The van der Waals surface area contributed by atoms with Crippen LogP contribution in [0.4, 0.5) is 0 Å². The SMILES string of the molecule is CCCCCCCCCCOC(=O)C1CC=C(C)C1C(=O)O. The first-order chi connectivity index (χ1) is 10.6. The zero-order chi connectivity index (χ0) is 16.4. The van der Waals surface area contributed by atoms with E-state index in [2.05, 4.69) is 6.92 Å². The van der Waals surface area contributed by atoms with Crippen molar-refractivity contribution < 1.29 is 19.4 Å². The molecule has 0 heterocycles. The third-order valence-corrected chi connectivity index (χ3v) is 4.40. The zero-order valence-corrected chi connectivity index (χ0v) is 14.0. The largest absolute Gasteiger partial charge is 0.481 e. The van der Waals surface area contributed by atoms with Crippen LogP contribution in [0.15, 0.2) is 11.6 Å². The zero-order valence-electron chi connectivity index (χ0n) is 14.0. The average Bonchev–Trinajstić information content (AvgIpc) is 2.87. The molecule has 0 saturated heterocycles. The van der Waals surface area contributed by atoms with Crippen molar-refractivity contribution in [1.82, 2.24) is 0 Å². The first-order valence-electron chi connectivity index (χ1n) is 8.64. The van der Waals surface area contributed by atoms with Crippen LogP contribution in [-0.4, -0.2) is 23.7 Å². The molecule has 0 fully saturated rings. The molecule has 0 aliphatic heterocycles. The average molecular weight is 310 g/mol. The van der Waals surface area contributed by atoms with E-state index in [1.165, 1.54) is 38.5 Å². The second kappa shape index (κ2) is 10.4. The fourth-order valence-electron chi connectivity index (χ4n) is 3.01. The van der Waals surface area contributed by atoms with Gasteiger partial charge in [0.25, 0.3) is 0 Å². The van der Waals surface area contributed by atoms with Gasteiger partial charge in [-0.15, -0.1) is 0 Å². The lowest BCUT2D eigenvalue weighted by Crippen LogP contribution is -2.28. The monoisotopic (exact) mass is 310 g/mol. The molecule has 22 heavy (non-hydrogen) atoms. The van der Waals surface area contributed by atoms with E-state index in [0.29, 0.717) is 13.0 Å². The summed E-state index contributed by atoms with van der Waals surface area (Å²) in [5.41, 5.74) is 0.765. The number of carboxylic acids is 1. The molecule has 0 spiro atoms. The van der Waals surface area contributed by atoms with Gasteiger partial charge in [0, 0.05) is 0 Å². The summed E-state index contributed by atoms with van der Waals surface area (Å²) in [6.45, 7) is 4.39. The van der Waals surface area contributed by atoms with Crippen LogP contribution in [0.25, 0.3) is 0 Å². The minimum absolute atomic E-state index is 0.358. The predicted octanol–water partition coefficient (Wildman–Crippen LogP) is 4.34. The van der Waals surface area contributed by atoms with Crippen LogP contribution in [0.1, 0.15) is 71.6 Å². The Morgan fingerprint density at radius 2 is 1.73 bits per heavy atom. The van der Waals surface area contributed by atoms with Gasteiger partial charge in [-0.05, 0) is 19.8 Å². The summed E-state index contributed by atoms with van der Waals surface area (Å²) in [6.07, 6.45) is 11.9. The van der Waals surface area contributed by atoms with Gasteiger partial charge in [0.05, 0.1) is 18.4 Å². The summed E-state index contributed by atoms with van der Waals surface area (Å²) in [7, 11) is 0. The molecule has 126 valence electrons. The van der Waals surface area contributed by atoms with Crippen LogP contribution in [-0.2, 0) is 14.3 Å². The molecule has 1 aliphatic rings. The van der Waals surface area contributed by atoms with E-state index < -0.39 is 17.8 Å². The Morgan fingerprint density at radius 1 is 1.14 bits per heavy atom. The summed E-state index contributed by atoms with van der Waals surface area (Å²) in [6, 6.07) is 0. The summed E-state index contributed by atoms with van der Waals surface area (Å²) in [5, 5.41) is 9.18. The number of carboxylic acid groups (broad SMARTS) is 1. The highest BCUT2D eigenvalue weighted by atomic mass is 16.5. The molecule has 1 aliphatic carbocycles. The van der Waals surface area contributed by atoms with Gasteiger partial charge in [-0.3, -0.25) is 9.59 Å². The van der Waals surface area contributed by atoms with Crippen LogP contribution >= 0.6 is 0 Å². The van der Waals surface area contributed by atoms with Crippen LogP contribution in [0.3, 0.4) is 0 Å². The van der Waals surface area contributed by atoms with Gasteiger partial charge < -0.3 is 9.84 Å². The molecule has 2 atom stereocenters. The van der Waals surface area contributed by atoms with E-state index in [9.17, 15) is 14.7 Å². The Morgan fingerprint density at radius 3 is 2.32 bits per heavy atom. The van der Waals surface area contributed by atoms with Crippen molar-refractivity contribution in [2.45, 2.75) is 71.6 Å². The van der Waals surface area contributed by atoms with Crippen molar-refractivity contribution >= 4 is 11.9 Å². The normalized spacial score (nSPS) is 20.7. The predicted molar refractivity (Wildman–Crippen MR) is 86.6 cm³/mol. The van der Waals surface area contributed by atoms with Crippen LogP contribution in [0.5, 0.6) is 0 Å². The van der Waals surface area contributed by atoms with E-state index in [1.807, 2.05) is 6.08 Å². The van der Waals surface area contributed by atoms with Crippen molar-refractivity contribution in [1.29, 1.82) is 0 Å². The summed E-state index contributed by atoms with van der Waals surface area (Å²) < 4.78 is 5.26. The number of carbonyl (C=O) groups excluding carboxylic acids is 1. The highest BCUT2D eigenvalue weighted by molar-refractivity contribution is 5.84. The topological polar surface area (TPSA) is 63.6 Å². The van der Waals surface area contributed by atoms with Crippen molar-refractivity contribution in [2.24, 2.45) is 11.8 Å². The van der Waals surface area contributed by atoms with Gasteiger partial charge in [-0.25, -0.2) is 0 Å². The Bertz CT molecular complexity index is 387. The highest BCUT2D eigenvalue weighted by Gasteiger charge is 2.38. The van der Waals surface area contributed by atoms with Gasteiger partial charge in [0.15, 0.2) is 0 Å². The van der Waals surface area contributed by atoms with Crippen LogP contribution < -0.4 is 0 Å². The Hall–Kier alpha value is -1.32. The smallest absolute Gasteiger partial charge is 0.311 e. The molecule has 0 aromatic carbocycles. The van der Waals surface area contributed by atoms with Gasteiger partial charge >= 0.3 is 11.9 Å². The standard InChI is InChI=1S/C18H30O4/c1-3-4-5-6-7-8-9-10-13-22-18(21)15-12-11-14(2)16(15)17(19)20/h11,15-16H,3-10,12-13H2,1-2H3,(H,19,20). The van der Waals surface area contributed by atoms with E-state index >= 15 is 0 Å². The number of rotatable bonds is 11. The molecule has 4 nitrogen and oxygen atoms in total. The number of ether oxygens (including phenoxy) is 1.